The van der Waals surface area contributed by atoms with Crippen LogP contribution in [-0.4, -0.2) is 19.7 Å². The summed E-state index contributed by atoms with van der Waals surface area (Å²) in [5.41, 5.74) is 3.69. The van der Waals surface area contributed by atoms with Gasteiger partial charge in [0.05, 0.1) is 6.61 Å². The number of nitrogens with one attached hydrogen (secondary N) is 1. The van der Waals surface area contributed by atoms with Crippen LogP contribution in [0.25, 0.3) is 0 Å². The molecule has 0 fully saturated rings. The van der Waals surface area contributed by atoms with Gasteiger partial charge < -0.3 is 10.1 Å². The quantitative estimate of drug-likeness (QED) is 0.736. The second-order valence-corrected chi connectivity index (χ2v) is 5.32. The van der Waals surface area contributed by atoms with E-state index in [4.69, 9.17) is 4.74 Å². The lowest BCUT2D eigenvalue weighted by molar-refractivity contribution is 0.0822. The van der Waals surface area contributed by atoms with E-state index in [1.165, 1.54) is 16.7 Å². The lowest BCUT2D eigenvalue weighted by Crippen LogP contribution is -2.21. The molecular weight excluding hydrogens is 258 g/mol. The first-order valence-electron chi connectivity index (χ1n) is 7.75. The highest BCUT2D eigenvalue weighted by Gasteiger charge is 2.14. The largest absolute Gasteiger partial charge is 0.367 e. The van der Waals surface area contributed by atoms with Gasteiger partial charge in [0.2, 0.25) is 0 Å². The minimum atomic E-state index is 0.00947. The summed E-state index contributed by atoms with van der Waals surface area (Å²) in [6, 6.07) is 19.0. The highest BCUT2D eigenvalue weighted by molar-refractivity contribution is 5.31. The maximum Gasteiger partial charge on any atom is 0.108 e. The highest BCUT2D eigenvalue weighted by Crippen LogP contribution is 2.25. The Morgan fingerprint density at radius 2 is 1.57 bits per heavy atom. The van der Waals surface area contributed by atoms with Crippen LogP contribution in [0.4, 0.5) is 0 Å². The van der Waals surface area contributed by atoms with Crippen molar-refractivity contribution in [3.05, 3.63) is 71.3 Å². The Morgan fingerprint density at radius 3 is 2.24 bits per heavy atom. The van der Waals surface area contributed by atoms with Crippen LogP contribution in [0.5, 0.6) is 0 Å². The van der Waals surface area contributed by atoms with Crippen molar-refractivity contribution in [2.24, 2.45) is 0 Å². The average molecular weight is 283 g/mol. The molecule has 0 spiro atoms. The first kappa shape index (κ1) is 15.7. The molecule has 1 N–H and O–H groups in total. The second-order valence-electron chi connectivity index (χ2n) is 5.32. The molecule has 0 amide bonds. The topological polar surface area (TPSA) is 21.3 Å². The third-order valence-corrected chi connectivity index (χ3v) is 3.47. The zero-order chi connectivity index (χ0) is 14.9. The normalized spacial score (nSPS) is 12.3. The van der Waals surface area contributed by atoms with Crippen LogP contribution in [0, 0.1) is 6.92 Å². The van der Waals surface area contributed by atoms with Crippen molar-refractivity contribution in [2.75, 3.05) is 19.7 Å². The van der Waals surface area contributed by atoms with E-state index in [1.54, 1.807) is 0 Å². The van der Waals surface area contributed by atoms with E-state index < -0.39 is 0 Å². The van der Waals surface area contributed by atoms with Gasteiger partial charge in [-0.2, -0.15) is 0 Å². The highest BCUT2D eigenvalue weighted by atomic mass is 16.5. The van der Waals surface area contributed by atoms with Gasteiger partial charge >= 0.3 is 0 Å². The van der Waals surface area contributed by atoms with Gasteiger partial charge in [-0.1, -0.05) is 67.1 Å². The average Bonchev–Trinajstić information content (AvgIpc) is 2.53. The Morgan fingerprint density at radius 1 is 0.905 bits per heavy atom. The van der Waals surface area contributed by atoms with E-state index in [0.717, 1.165) is 19.5 Å². The van der Waals surface area contributed by atoms with Crippen LogP contribution in [0.2, 0.25) is 0 Å². The first-order chi connectivity index (χ1) is 10.3. The fourth-order valence-corrected chi connectivity index (χ4v) is 2.30. The third-order valence-electron chi connectivity index (χ3n) is 3.47. The van der Waals surface area contributed by atoms with Crippen molar-refractivity contribution in [1.29, 1.82) is 0 Å². The van der Waals surface area contributed by atoms with Crippen molar-refractivity contribution in [3.63, 3.8) is 0 Å². The maximum atomic E-state index is 6.14. The van der Waals surface area contributed by atoms with Crippen molar-refractivity contribution in [2.45, 2.75) is 26.4 Å². The molecule has 2 aromatic carbocycles. The Labute approximate surface area is 128 Å². The smallest absolute Gasteiger partial charge is 0.108 e. The Kier molecular flexibility index (Phi) is 6.45. The van der Waals surface area contributed by atoms with Crippen LogP contribution >= 0.6 is 0 Å². The van der Waals surface area contributed by atoms with E-state index >= 15 is 0 Å². The molecule has 2 heteroatoms. The van der Waals surface area contributed by atoms with Crippen molar-refractivity contribution in [3.8, 4) is 0 Å². The van der Waals surface area contributed by atoms with Gasteiger partial charge in [-0.15, -0.1) is 0 Å². The lowest BCUT2D eigenvalue weighted by atomic mass is 10.0. The summed E-state index contributed by atoms with van der Waals surface area (Å²) >= 11 is 0. The molecule has 0 aromatic heterocycles. The van der Waals surface area contributed by atoms with Crippen molar-refractivity contribution < 1.29 is 4.74 Å². The zero-order valence-corrected chi connectivity index (χ0v) is 13.0. The van der Waals surface area contributed by atoms with Crippen LogP contribution in [0.15, 0.2) is 54.6 Å². The molecule has 0 aliphatic heterocycles. The number of hydrogen-bond donors (Lipinski definition) is 1. The summed E-state index contributed by atoms with van der Waals surface area (Å²) in [5.74, 6) is 0. The summed E-state index contributed by atoms with van der Waals surface area (Å²) in [6.45, 7) is 6.93. The molecular formula is C19H25NO. The van der Waals surface area contributed by atoms with Gasteiger partial charge in [-0.05, 0) is 31.0 Å². The van der Waals surface area contributed by atoms with Gasteiger partial charge in [0.15, 0.2) is 0 Å². The molecule has 1 unspecified atom stereocenters. The lowest BCUT2D eigenvalue weighted by Gasteiger charge is -2.19. The van der Waals surface area contributed by atoms with Crippen LogP contribution in [0.1, 0.15) is 36.1 Å². The number of hydrogen-bond acceptors (Lipinski definition) is 2. The van der Waals surface area contributed by atoms with Gasteiger partial charge in [0.1, 0.15) is 6.10 Å². The predicted octanol–water partition coefficient (Wildman–Crippen LogP) is 4.10. The van der Waals surface area contributed by atoms with Gasteiger partial charge in [0, 0.05) is 6.54 Å². The second kappa shape index (κ2) is 8.60. The molecule has 112 valence electrons. The minimum absolute atomic E-state index is 0.00947. The van der Waals surface area contributed by atoms with E-state index in [9.17, 15) is 0 Å². The molecule has 0 aliphatic carbocycles. The molecule has 2 aromatic rings. The SMILES string of the molecule is CCCNCCOC(c1ccccc1)c1ccc(C)cc1. The standard InChI is InChI=1S/C19H25NO/c1-3-13-20-14-15-21-19(17-7-5-4-6-8-17)18-11-9-16(2)10-12-18/h4-12,19-20H,3,13-15H2,1-2H3. The minimum Gasteiger partial charge on any atom is -0.367 e. The van der Waals surface area contributed by atoms with E-state index in [-0.39, 0.29) is 6.10 Å². The Bertz CT molecular complexity index is 507. The molecule has 0 bridgehead atoms. The summed E-state index contributed by atoms with van der Waals surface area (Å²) in [5, 5.41) is 3.38. The summed E-state index contributed by atoms with van der Waals surface area (Å²) < 4.78 is 6.14. The molecule has 0 saturated heterocycles. The molecule has 1 atom stereocenters. The summed E-state index contributed by atoms with van der Waals surface area (Å²) in [6.07, 6.45) is 1.16. The van der Waals surface area contributed by atoms with Gasteiger partial charge in [-0.3, -0.25) is 0 Å². The van der Waals surface area contributed by atoms with Crippen molar-refractivity contribution >= 4 is 0 Å². The number of aryl methyl sites for hydroxylation is 1. The van der Waals surface area contributed by atoms with E-state index in [1.807, 2.05) is 6.07 Å². The van der Waals surface area contributed by atoms with Crippen LogP contribution < -0.4 is 5.32 Å². The zero-order valence-electron chi connectivity index (χ0n) is 13.0. The fraction of sp³-hybridized carbons (Fsp3) is 0.368. The van der Waals surface area contributed by atoms with Crippen LogP contribution in [0.3, 0.4) is 0 Å². The first-order valence-corrected chi connectivity index (χ1v) is 7.75. The fourth-order valence-electron chi connectivity index (χ4n) is 2.30. The summed E-state index contributed by atoms with van der Waals surface area (Å²) in [7, 11) is 0. The number of rotatable bonds is 8. The van der Waals surface area contributed by atoms with Crippen molar-refractivity contribution in [1.82, 2.24) is 5.32 Å². The maximum absolute atomic E-state index is 6.14. The summed E-state index contributed by atoms with van der Waals surface area (Å²) in [4.78, 5) is 0. The number of ether oxygens (including phenoxy) is 1. The van der Waals surface area contributed by atoms with E-state index in [2.05, 4.69) is 67.7 Å². The molecule has 2 rings (SSSR count). The molecule has 0 heterocycles. The predicted molar refractivity (Wildman–Crippen MR) is 88.6 cm³/mol. The molecule has 21 heavy (non-hydrogen) atoms. The monoisotopic (exact) mass is 283 g/mol. The molecule has 0 saturated carbocycles. The molecule has 0 aliphatic rings. The number of benzene rings is 2. The Balaban J connectivity index is 2.06. The van der Waals surface area contributed by atoms with Gasteiger partial charge in [0.25, 0.3) is 0 Å². The molecule has 0 radical (unpaired) electrons. The Hall–Kier alpha value is -1.64. The third kappa shape index (κ3) is 5.00. The van der Waals surface area contributed by atoms with Gasteiger partial charge in [-0.25, -0.2) is 0 Å². The van der Waals surface area contributed by atoms with Crippen LogP contribution in [-0.2, 0) is 4.74 Å². The molecule has 2 nitrogen and oxygen atoms in total. The van der Waals surface area contributed by atoms with E-state index in [0.29, 0.717) is 6.61 Å².